The molecule has 0 bridgehead atoms. The van der Waals surface area contributed by atoms with Gasteiger partial charge in [0.1, 0.15) is 5.58 Å². The van der Waals surface area contributed by atoms with Crippen molar-refractivity contribution < 1.29 is 9.21 Å². The number of furan rings is 1. The van der Waals surface area contributed by atoms with Crippen molar-refractivity contribution in [2.75, 3.05) is 6.54 Å². The van der Waals surface area contributed by atoms with Gasteiger partial charge in [0.05, 0.1) is 12.7 Å². The minimum absolute atomic E-state index is 0.204. The Bertz CT molecular complexity index is 936. The molecule has 3 nitrogen and oxygen atoms in total. The van der Waals surface area contributed by atoms with E-state index in [1.807, 2.05) is 4.90 Å². The lowest BCUT2D eigenvalue weighted by Crippen LogP contribution is -2.36. The lowest BCUT2D eigenvalue weighted by atomic mass is 10.0. The van der Waals surface area contributed by atoms with Crippen molar-refractivity contribution in [2.24, 2.45) is 0 Å². The average Bonchev–Trinajstić information content (AvgIpc) is 3.31. The molecule has 0 unspecified atom stereocenters. The van der Waals surface area contributed by atoms with Gasteiger partial charge in [0, 0.05) is 28.9 Å². The molecule has 1 aliphatic carbocycles. The number of carbonyl (C=O) groups is 1. The molecule has 3 heterocycles. The number of thiophene rings is 1. The Morgan fingerprint density at radius 2 is 2.04 bits per heavy atom. The molecule has 0 N–H and O–H groups in total. The molecule has 0 fully saturated rings. The van der Waals surface area contributed by atoms with E-state index in [1.165, 1.54) is 28.0 Å². The summed E-state index contributed by atoms with van der Waals surface area (Å²) in [4.78, 5) is 16.2. The molecule has 0 radical (unpaired) electrons. The van der Waals surface area contributed by atoms with Gasteiger partial charge >= 0.3 is 0 Å². The van der Waals surface area contributed by atoms with Gasteiger partial charge in [0.2, 0.25) is 5.91 Å². The first-order chi connectivity index (χ1) is 11.8. The number of hydrogen-bond acceptors (Lipinski definition) is 3. The van der Waals surface area contributed by atoms with Crippen LogP contribution in [0.5, 0.6) is 0 Å². The normalized spacial score (nSPS) is 16.4. The molecular weight excluding hydrogens is 318 g/mol. The Hall–Kier alpha value is -2.07. The highest BCUT2D eigenvalue weighted by atomic mass is 32.1. The highest BCUT2D eigenvalue weighted by molar-refractivity contribution is 7.10. The zero-order valence-corrected chi connectivity index (χ0v) is 14.3. The molecule has 0 saturated heterocycles. The van der Waals surface area contributed by atoms with E-state index in [9.17, 15) is 4.79 Å². The van der Waals surface area contributed by atoms with Crippen LogP contribution in [0.2, 0.25) is 0 Å². The average molecular weight is 337 g/mol. The van der Waals surface area contributed by atoms with Gasteiger partial charge in [-0.3, -0.25) is 4.79 Å². The highest BCUT2D eigenvalue weighted by Crippen LogP contribution is 2.31. The Morgan fingerprint density at radius 1 is 1.17 bits per heavy atom. The van der Waals surface area contributed by atoms with Crippen molar-refractivity contribution in [3.05, 3.63) is 57.0 Å². The van der Waals surface area contributed by atoms with Crippen molar-refractivity contribution in [1.82, 2.24) is 4.90 Å². The molecule has 0 spiro atoms. The number of amides is 1. The summed E-state index contributed by atoms with van der Waals surface area (Å²) in [6, 6.07) is 6.57. The second-order valence-electron chi connectivity index (χ2n) is 6.84. The topological polar surface area (TPSA) is 33.5 Å². The van der Waals surface area contributed by atoms with Crippen LogP contribution < -0.4 is 0 Å². The fourth-order valence-electron chi connectivity index (χ4n) is 4.02. The summed E-state index contributed by atoms with van der Waals surface area (Å²) in [6.07, 6.45) is 6.72. The van der Waals surface area contributed by atoms with Crippen LogP contribution in [0.3, 0.4) is 0 Å². The number of carbonyl (C=O) groups excluding carboxylic acids is 1. The van der Waals surface area contributed by atoms with Crippen molar-refractivity contribution in [2.45, 2.75) is 38.6 Å². The van der Waals surface area contributed by atoms with Gasteiger partial charge < -0.3 is 9.32 Å². The number of nitrogens with zero attached hydrogens (tertiary/aromatic N) is 1. The summed E-state index contributed by atoms with van der Waals surface area (Å²) in [6.45, 7) is 1.58. The minimum Gasteiger partial charge on any atom is -0.464 e. The van der Waals surface area contributed by atoms with Crippen LogP contribution in [0.15, 0.2) is 34.3 Å². The maximum Gasteiger partial charge on any atom is 0.227 e. The van der Waals surface area contributed by atoms with Gasteiger partial charge in [-0.1, -0.05) is 0 Å². The molecule has 1 amide bonds. The second-order valence-corrected chi connectivity index (χ2v) is 7.84. The first-order valence-corrected chi connectivity index (χ1v) is 9.51. The highest BCUT2D eigenvalue weighted by Gasteiger charge is 2.23. The smallest absolute Gasteiger partial charge is 0.227 e. The SMILES string of the molecule is O=C(Cc1coc2cc3c(cc12)CCC3)N1CCc2sccc2C1. The minimum atomic E-state index is 0.204. The number of fused-ring (bicyclic) bond motifs is 3. The molecule has 2 aliphatic rings. The van der Waals surface area contributed by atoms with Crippen molar-refractivity contribution in [3.8, 4) is 0 Å². The standard InChI is InChI=1S/C20H19NO2S/c22-20(21-6-4-19-15(11-21)5-7-24-19)10-16-12-23-18-9-14-3-1-2-13(14)8-17(16)18/h5,7-9,12H,1-4,6,10-11H2. The molecule has 1 aliphatic heterocycles. The molecule has 0 atom stereocenters. The summed E-state index contributed by atoms with van der Waals surface area (Å²) in [5.41, 5.74) is 6.11. The van der Waals surface area contributed by atoms with Crippen LogP contribution in [-0.2, 0) is 37.0 Å². The number of aryl methyl sites for hydroxylation is 2. The molecular formula is C20H19NO2S. The number of hydrogen-bond donors (Lipinski definition) is 0. The predicted octanol–water partition coefficient (Wildman–Crippen LogP) is 4.11. The lowest BCUT2D eigenvalue weighted by Gasteiger charge is -2.27. The van der Waals surface area contributed by atoms with Gasteiger partial charge in [0.15, 0.2) is 0 Å². The molecule has 24 heavy (non-hydrogen) atoms. The van der Waals surface area contributed by atoms with Gasteiger partial charge in [0.25, 0.3) is 0 Å². The van der Waals surface area contributed by atoms with Crippen LogP contribution in [0, 0.1) is 0 Å². The van der Waals surface area contributed by atoms with Crippen molar-refractivity contribution >= 4 is 28.2 Å². The Balaban J connectivity index is 1.40. The molecule has 2 aromatic heterocycles. The monoisotopic (exact) mass is 337 g/mol. The summed E-state index contributed by atoms with van der Waals surface area (Å²) < 4.78 is 5.74. The van der Waals surface area contributed by atoms with Crippen LogP contribution in [0.25, 0.3) is 11.0 Å². The number of rotatable bonds is 2. The molecule has 1 aromatic carbocycles. The van der Waals surface area contributed by atoms with Crippen LogP contribution in [0.1, 0.15) is 33.6 Å². The predicted molar refractivity (Wildman–Crippen MR) is 95.4 cm³/mol. The molecule has 4 heteroatoms. The van der Waals surface area contributed by atoms with Gasteiger partial charge in [-0.15, -0.1) is 11.3 Å². The van der Waals surface area contributed by atoms with Gasteiger partial charge in [-0.25, -0.2) is 0 Å². The van der Waals surface area contributed by atoms with E-state index in [0.29, 0.717) is 6.42 Å². The largest absolute Gasteiger partial charge is 0.464 e. The van der Waals surface area contributed by atoms with E-state index in [1.54, 1.807) is 17.6 Å². The third-order valence-corrected chi connectivity index (χ3v) is 6.39. The summed E-state index contributed by atoms with van der Waals surface area (Å²) in [7, 11) is 0. The Kier molecular flexibility index (Phi) is 3.27. The molecule has 122 valence electrons. The van der Waals surface area contributed by atoms with Crippen LogP contribution >= 0.6 is 11.3 Å². The van der Waals surface area contributed by atoms with Gasteiger partial charge in [-0.2, -0.15) is 0 Å². The van der Waals surface area contributed by atoms with Crippen LogP contribution in [0.4, 0.5) is 0 Å². The van der Waals surface area contributed by atoms with E-state index in [2.05, 4.69) is 23.6 Å². The first-order valence-electron chi connectivity index (χ1n) is 8.63. The third kappa shape index (κ3) is 2.28. The summed E-state index contributed by atoms with van der Waals surface area (Å²) >= 11 is 1.80. The fourth-order valence-corrected chi connectivity index (χ4v) is 4.91. The zero-order valence-electron chi connectivity index (χ0n) is 13.5. The first kappa shape index (κ1) is 14.3. The molecule has 5 rings (SSSR count). The van der Waals surface area contributed by atoms with Crippen molar-refractivity contribution in [3.63, 3.8) is 0 Å². The molecule has 3 aromatic rings. The number of benzene rings is 1. The van der Waals surface area contributed by atoms with E-state index in [0.717, 1.165) is 48.9 Å². The molecule has 0 saturated carbocycles. The van der Waals surface area contributed by atoms with Crippen LogP contribution in [-0.4, -0.2) is 17.4 Å². The van der Waals surface area contributed by atoms with Crippen molar-refractivity contribution in [1.29, 1.82) is 0 Å². The van der Waals surface area contributed by atoms with E-state index < -0.39 is 0 Å². The summed E-state index contributed by atoms with van der Waals surface area (Å²) in [5, 5.41) is 3.25. The van der Waals surface area contributed by atoms with E-state index >= 15 is 0 Å². The lowest BCUT2D eigenvalue weighted by molar-refractivity contribution is -0.131. The van der Waals surface area contributed by atoms with E-state index in [4.69, 9.17) is 4.42 Å². The van der Waals surface area contributed by atoms with Gasteiger partial charge in [-0.05, 0) is 66.0 Å². The Labute approximate surface area is 144 Å². The summed E-state index contributed by atoms with van der Waals surface area (Å²) in [5.74, 6) is 0.204. The maximum absolute atomic E-state index is 12.8. The second kappa shape index (κ2) is 5.49. The van der Waals surface area contributed by atoms with E-state index in [-0.39, 0.29) is 5.91 Å². The zero-order chi connectivity index (χ0) is 16.1. The quantitative estimate of drug-likeness (QED) is 0.705. The fraction of sp³-hybridized carbons (Fsp3) is 0.350. The third-order valence-electron chi connectivity index (χ3n) is 5.37. The maximum atomic E-state index is 12.8. The Morgan fingerprint density at radius 3 is 2.96 bits per heavy atom.